The second-order valence-electron chi connectivity index (χ2n) is 4.46. The number of benzene rings is 1. The van der Waals surface area contributed by atoms with E-state index in [4.69, 9.17) is 0 Å². The van der Waals surface area contributed by atoms with E-state index in [2.05, 4.69) is 10.2 Å². The smallest absolute Gasteiger partial charge is 0.275 e. The number of β-amino-alcohol motifs (C(OH)–C–C–N with tert-alkyl or cyclic N) is 2. The SMILES string of the molecule is O=C(c1n[nH]c2ccccc12)N1C[C@@H](O)[C@@H](O)C1. The first-order valence-corrected chi connectivity index (χ1v) is 5.75. The van der Waals surface area contributed by atoms with Gasteiger partial charge in [0.05, 0.1) is 17.7 Å². The van der Waals surface area contributed by atoms with Gasteiger partial charge in [0.1, 0.15) is 0 Å². The van der Waals surface area contributed by atoms with Gasteiger partial charge in [0, 0.05) is 18.5 Å². The molecule has 0 radical (unpaired) electrons. The molecule has 0 spiro atoms. The van der Waals surface area contributed by atoms with Crippen LogP contribution in [0.4, 0.5) is 0 Å². The molecule has 1 aliphatic heterocycles. The summed E-state index contributed by atoms with van der Waals surface area (Å²) in [6.07, 6.45) is -1.75. The number of aromatic amines is 1. The number of nitrogens with one attached hydrogen (secondary N) is 1. The fourth-order valence-electron chi connectivity index (χ4n) is 2.21. The van der Waals surface area contributed by atoms with Crippen LogP contribution in [0.5, 0.6) is 0 Å². The van der Waals surface area contributed by atoms with Gasteiger partial charge in [-0.1, -0.05) is 18.2 Å². The summed E-state index contributed by atoms with van der Waals surface area (Å²) < 4.78 is 0. The van der Waals surface area contributed by atoms with E-state index in [-0.39, 0.29) is 19.0 Å². The lowest BCUT2D eigenvalue weighted by atomic mass is 10.2. The molecule has 0 aliphatic carbocycles. The Kier molecular flexibility index (Phi) is 2.53. The number of carbonyl (C=O) groups is 1. The van der Waals surface area contributed by atoms with Crippen LogP contribution in [-0.2, 0) is 0 Å². The van der Waals surface area contributed by atoms with Crippen LogP contribution in [0.2, 0.25) is 0 Å². The van der Waals surface area contributed by atoms with Crippen LogP contribution in [0.1, 0.15) is 10.5 Å². The minimum atomic E-state index is -0.876. The number of hydrogen-bond donors (Lipinski definition) is 3. The average molecular weight is 247 g/mol. The molecule has 1 aromatic heterocycles. The molecule has 3 N–H and O–H groups in total. The maximum Gasteiger partial charge on any atom is 0.275 e. The van der Waals surface area contributed by atoms with Crippen molar-refractivity contribution in [3.63, 3.8) is 0 Å². The van der Waals surface area contributed by atoms with E-state index in [0.29, 0.717) is 5.69 Å². The summed E-state index contributed by atoms with van der Waals surface area (Å²) in [6.45, 7) is 0.280. The van der Waals surface area contributed by atoms with Crippen LogP contribution in [0.3, 0.4) is 0 Å². The highest BCUT2D eigenvalue weighted by atomic mass is 16.3. The third kappa shape index (κ3) is 1.66. The molecule has 2 aromatic rings. The van der Waals surface area contributed by atoms with Crippen molar-refractivity contribution in [1.29, 1.82) is 0 Å². The molecule has 1 saturated heterocycles. The Hall–Kier alpha value is -1.92. The van der Waals surface area contributed by atoms with E-state index in [1.807, 2.05) is 24.3 Å². The highest BCUT2D eigenvalue weighted by Crippen LogP contribution is 2.19. The van der Waals surface area contributed by atoms with Crippen molar-refractivity contribution < 1.29 is 15.0 Å². The highest BCUT2D eigenvalue weighted by molar-refractivity contribution is 6.04. The molecule has 6 heteroatoms. The third-order valence-electron chi connectivity index (χ3n) is 3.22. The highest BCUT2D eigenvalue weighted by Gasteiger charge is 2.34. The van der Waals surface area contributed by atoms with Gasteiger partial charge in [-0.2, -0.15) is 5.10 Å². The standard InChI is InChI=1S/C12H13N3O3/c16-9-5-15(6-10(9)17)12(18)11-7-3-1-2-4-8(7)13-14-11/h1-4,9-10,16-17H,5-6H2,(H,13,14)/t9-,10+. The van der Waals surface area contributed by atoms with Crippen molar-refractivity contribution in [2.24, 2.45) is 0 Å². The number of para-hydroxylation sites is 1. The minimum Gasteiger partial charge on any atom is -0.388 e. The van der Waals surface area contributed by atoms with E-state index in [1.54, 1.807) is 0 Å². The Morgan fingerprint density at radius 1 is 1.28 bits per heavy atom. The minimum absolute atomic E-state index is 0.140. The number of hydrogen-bond acceptors (Lipinski definition) is 4. The second-order valence-corrected chi connectivity index (χ2v) is 4.46. The molecule has 1 aliphatic rings. The van der Waals surface area contributed by atoms with Crippen molar-refractivity contribution in [1.82, 2.24) is 15.1 Å². The van der Waals surface area contributed by atoms with Crippen LogP contribution in [-0.4, -0.2) is 56.5 Å². The van der Waals surface area contributed by atoms with Crippen molar-refractivity contribution in [3.05, 3.63) is 30.0 Å². The summed E-state index contributed by atoms with van der Waals surface area (Å²) in [5, 5.41) is 26.5. The third-order valence-corrected chi connectivity index (χ3v) is 3.22. The molecule has 3 rings (SSSR count). The number of fused-ring (bicyclic) bond motifs is 1. The van der Waals surface area contributed by atoms with Crippen molar-refractivity contribution in [2.75, 3.05) is 13.1 Å². The Morgan fingerprint density at radius 2 is 1.94 bits per heavy atom. The molecule has 94 valence electrons. The molecule has 1 aromatic carbocycles. The molecular formula is C12H13N3O3. The number of H-pyrrole nitrogens is 1. The maximum absolute atomic E-state index is 12.2. The van der Waals surface area contributed by atoms with Gasteiger partial charge in [-0.05, 0) is 6.07 Å². The monoisotopic (exact) mass is 247 g/mol. The molecule has 2 atom stereocenters. The summed E-state index contributed by atoms with van der Waals surface area (Å²) in [7, 11) is 0. The fraction of sp³-hybridized carbons (Fsp3) is 0.333. The Morgan fingerprint density at radius 3 is 2.67 bits per heavy atom. The predicted octanol–water partition coefficient (Wildman–Crippen LogP) is -0.259. The average Bonchev–Trinajstić information content (AvgIpc) is 2.93. The molecule has 0 saturated carbocycles. The first-order valence-electron chi connectivity index (χ1n) is 5.75. The number of aromatic nitrogens is 2. The number of amides is 1. The Bertz CT molecular complexity index is 585. The second kappa shape index (κ2) is 4.08. The van der Waals surface area contributed by atoms with Gasteiger partial charge >= 0.3 is 0 Å². The summed E-state index contributed by atoms with van der Waals surface area (Å²) >= 11 is 0. The molecular weight excluding hydrogens is 234 g/mol. The number of nitrogens with zero attached hydrogens (tertiary/aromatic N) is 2. The van der Waals surface area contributed by atoms with Crippen LogP contribution in [0, 0.1) is 0 Å². The Balaban J connectivity index is 1.93. The normalized spacial score (nSPS) is 23.8. The first kappa shape index (κ1) is 11.2. The van der Waals surface area contributed by atoms with Crippen molar-refractivity contribution >= 4 is 16.8 Å². The number of likely N-dealkylation sites (tertiary alicyclic amines) is 1. The topological polar surface area (TPSA) is 89.5 Å². The summed E-state index contributed by atoms with van der Waals surface area (Å²) in [5.41, 5.74) is 1.12. The summed E-state index contributed by atoms with van der Waals surface area (Å²) in [5.74, 6) is -0.275. The maximum atomic E-state index is 12.2. The molecule has 1 fully saturated rings. The zero-order valence-electron chi connectivity index (χ0n) is 9.58. The number of rotatable bonds is 1. The predicted molar refractivity (Wildman–Crippen MR) is 64.0 cm³/mol. The molecule has 0 bridgehead atoms. The molecule has 0 unspecified atom stereocenters. The van der Waals surface area contributed by atoms with Crippen LogP contribution >= 0.6 is 0 Å². The zero-order valence-corrected chi connectivity index (χ0v) is 9.58. The van der Waals surface area contributed by atoms with E-state index < -0.39 is 12.2 Å². The lowest BCUT2D eigenvalue weighted by Crippen LogP contribution is -2.30. The number of carbonyl (C=O) groups excluding carboxylic acids is 1. The van der Waals surface area contributed by atoms with E-state index in [9.17, 15) is 15.0 Å². The Labute approximate surface area is 103 Å². The fourth-order valence-corrected chi connectivity index (χ4v) is 2.21. The van der Waals surface area contributed by atoms with Gasteiger partial charge in [-0.25, -0.2) is 0 Å². The van der Waals surface area contributed by atoms with Crippen LogP contribution in [0.25, 0.3) is 10.9 Å². The van der Waals surface area contributed by atoms with Gasteiger partial charge in [-0.3, -0.25) is 9.89 Å². The van der Waals surface area contributed by atoms with Gasteiger partial charge in [0.2, 0.25) is 0 Å². The van der Waals surface area contributed by atoms with Crippen LogP contribution < -0.4 is 0 Å². The molecule has 18 heavy (non-hydrogen) atoms. The summed E-state index contributed by atoms with van der Waals surface area (Å²) in [4.78, 5) is 13.6. The number of aliphatic hydroxyl groups is 2. The molecule has 2 heterocycles. The van der Waals surface area contributed by atoms with E-state index in [1.165, 1.54) is 4.90 Å². The zero-order chi connectivity index (χ0) is 12.7. The molecule has 6 nitrogen and oxygen atoms in total. The lowest BCUT2D eigenvalue weighted by Gasteiger charge is -2.13. The van der Waals surface area contributed by atoms with Gasteiger partial charge < -0.3 is 15.1 Å². The van der Waals surface area contributed by atoms with Crippen LogP contribution in [0.15, 0.2) is 24.3 Å². The lowest BCUT2D eigenvalue weighted by molar-refractivity contribution is 0.0572. The first-order chi connectivity index (χ1) is 8.66. The van der Waals surface area contributed by atoms with Gasteiger partial charge in [0.15, 0.2) is 5.69 Å². The summed E-state index contributed by atoms with van der Waals surface area (Å²) in [6, 6.07) is 7.35. The van der Waals surface area contributed by atoms with Gasteiger partial charge in [-0.15, -0.1) is 0 Å². The van der Waals surface area contributed by atoms with E-state index in [0.717, 1.165) is 10.9 Å². The largest absolute Gasteiger partial charge is 0.388 e. The van der Waals surface area contributed by atoms with Gasteiger partial charge in [0.25, 0.3) is 5.91 Å². The van der Waals surface area contributed by atoms with Crippen molar-refractivity contribution in [3.8, 4) is 0 Å². The van der Waals surface area contributed by atoms with E-state index >= 15 is 0 Å². The molecule has 1 amide bonds. The number of aliphatic hydroxyl groups excluding tert-OH is 2. The quantitative estimate of drug-likeness (QED) is 0.647. The van der Waals surface area contributed by atoms with Crippen molar-refractivity contribution in [2.45, 2.75) is 12.2 Å².